The predicted octanol–water partition coefficient (Wildman–Crippen LogP) is 1.72. The minimum atomic E-state index is -0.829. The van der Waals surface area contributed by atoms with Gasteiger partial charge in [0.05, 0.1) is 11.9 Å². The molecule has 0 aliphatic rings. The molecule has 0 bridgehead atoms. The van der Waals surface area contributed by atoms with Crippen LogP contribution >= 0.6 is 15.9 Å². The maximum Gasteiger partial charge on any atom is 0.307 e. The highest BCUT2D eigenvalue weighted by atomic mass is 79.9. The molecule has 5 heteroatoms. The number of hydrogen-bond acceptors (Lipinski definition) is 2. The Morgan fingerprint density at radius 3 is 3.14 bits per heavy atom. The summed E-state index contributed by atoms with van der Waals surface area (Å²) in [5.74, 6) is -0.829. The smallest absolute Gasteiger partial charge is 0.307 e. The predicted molar refractivity (Wildman–Crippen MR) is 54.2 cm³/mol. The second-order valence-corrected chi connectivity index (χ2v) is 3.68. The number of imidazole rings is 1. The third-order valence-corrected chi connectivity index (χ3v) is 2.52. The van der Waals surface area contributed by atoms with Gasteiger partial charge in [0.25, 0.3) is 0 Å². The average molecular weight is 255 g/mol. The first-order valence-electron chi connectivity index (χ1n) is 3.99. The van der Waals surface area contributed by atoms with Crippen LogP contribution in [0.1, 0.15) is 5.56 Å². The number of fused-ring (bicyclic) bond motifs is 1. The Morgan fingerprint density at radius 1 is 1.64 bits per heavy atom. The summed E-state index contributed by atoms with van der Waals surface area (Å²) in [6.45, 7) is 0. The normalized spacial score (nSPS) is 10.6. The van der Waals surface area contributed by atoms with Crippen LogP contribution in [-0.2, 0) is 11.2 Å². The van der Waals surface area contributed by atoms with E-state index in [1.807, 2.05) is 10.5 Å². The van der Waals surface area contributed by atoms with E-state index in [2.05, 4.69) is 20.9 Å². The second-order valence-electron chi connectivity index (χ2n) is 2.93. The van der Waals surface area contributed by atoms with Crippen LogP contribution < -0.4 is 0 Å². The van der Waals surface area contributed by atoms with Gasteiger partial charge in [-0.25, -0.2) is 4.98 Å². The molecule has 2 aromatic heterocycles. The molecule has 0 radical (unpaired) electrons. The molecule has 1 N–H and O–H groups in total. The summed E-state index contributed by atoms with van der Waals surface area (Å²) < 4.78 is 2.56. The van der Waals surface area contributed by atoms with Crippen LogP contribution in [0.2, 0.25) is 0 Å². The average Bonchev–Trinajstić information content (AvgIpc) is 2.47. The number of aliphatic carboxylic acids is 1. The zero-order chi connectivity index (χ0) is 10.1. The van der Waals surface area contributed by atoms with E-state index in [4.69, 9.17) is 5.11 Å². The highest BCUT2D eigenvalue weighted by molar-refractivity contribution is 9.10. The van der Waals surface area contributed by atoms with Crippen molar-refractivity contribution in [3.63, 3.8) is 0 Å². The zero-order valence-electron chi connectivity index (χ0n) is 7.14. The molecule has 0 amide bonds. The lowest BCUT2D eigenvalue weighted by Crippen LogP contribution is -2.00. The van der Waals surface area contributed by atoms with E-state index in [0.717, 1.165) is 15.7 Å². The lowest BCUT2D eigenvalue weighted by molar-refractivity contribution is -0.136. The Bertz CT molecular complexity index is 493. The molecule has 0 aromatic carbocycles. The van der Waals surface area contributed by atoms with Gasteiger partial charge >= 0.3 is 5.97 Å². The van der Waals surface area contributed by atoms with Crippen LogP contribution in [0.25, 0.3) is 5.52 Å². The molecule has 14 heavy (non-hydrogen) atoms. The molecule has 0 unspecified atom stereocenters. The fourth-order valence-electron chi connectivity index (χ4n) is 1.28. The summed E-state index contributed by atoms with van der Waals surface area (Å²) in [4.78, 5) is 14.5. The molecule has 2 aromatic rings. The fourth-order valence-corrected chi connectivity index (χ4v) is 1.70. The number of pyridine rings is 1. The minimum Gasteiger partial charge on any atom is -0.481 e. The molecule has 0 aliphatic heterocycles. The first-order chi connectivity index (χ1) is 6.66. The molecule has 2 heterocycles. The summed E-state index contributed by atoms with van der Waals surface area (Å²) in [7, 11) is 0. The van der Waals surface area contributed by atoms with Crippen molar-refractivity contribution in [2.45, 2.75) is 6.42 Å². The van der Waals surface area contributed by atoms with Gasteiger partial charge in [-0.05, 0) is 33.6 Å². The lowest BCUT2D eigenvalue weighted by atomic mass is 10.2. The van der Waals surface area contributed by atoms with Gasteiger partial charge in [0.1, 0.15) is 10.9 Å². The molecule has 4 nitrogen and oxygen atoms in total. The van der Waals surface area contributed by atoms with Crippen LogP contribution in [0, 0.1) is 0 Å². The third-order valence-electron chi connectivity index (χ3n) is 1.91. The molecule has 0 saturated heterocycles. The first kappa shape index (κ1) is 9.21. The number of carbonyl (C=O) groups is 1. The van der Waals surface area contributed by atoms with Crippen LogP contribution in [0.4, 0.5) is 0 Å². The standard InChI is InChI=1S/C9H7BrN2O2/c10-9-7-3-6(4-8(13)14)1-2-12(7)5-11-9/h1-3,5H,4H2,(H,13,14). The van der Waals surface area contributed by atoms with Gasteiger partial charge < -0.3 is 9.51 Å². The van der Waals surface area contributed by atoms with Crippen molar-refractivity contribution in [2.24, 2.45) is 0 Å². The molecular formula is C9H7BrN2O2. The highest BCUT2D eigenvalue weighted by Gasteiger charge is 2.04. The van der Waals surface area contributed by atoms with Crippen LogP contribution in [0.5, 0.6) is 0 Å². The quantitative estimate of drug-likeness (QED) is 0.888. The molecular weight excluding hydrogens is 248 g/mol. The monoisotopic (exact) mass is 254 g/mol. The Hall–Kier alpha value is -1.36. The summed E-state index contributed by atoms with van der Waals surface area (Å²) in [6.07, 6.45) is 3.50. The van der Waals surface area contributed by atoms with Gasteiger partial charge in [0, 0.05) is 6.20 Å². The van der Waals surface area contributed by atoms with E-state index in [0.29, 0.717) is 0 Å². The summed E-state index contributed by atoms with van der Waals surface area (Å²) in [5.41, 5.74) is 1.65. The highest BCUT2D eigenvalue weighted by Crippen LogP contribution is 2.17. The molecule has 72 valence electrons. The molecule has 2 rings (SSSR count). The van der Waals surface area contributed by atoms with Gasteiger partial charge in [0.15, 0.2) is 0 Å². The lowest BCUT2D eigenvalue weighted by Gasteiger charge is -1.98. The summed E-state index contributed by atoms with van der Waals surface area (Å²) in [5, 5.41) is 8.62. The van der Waals surface area contributed by atoms with E-state index in [-0.39, 0.29) is 6.42 Å². The maximum absolute atomic E-state index is 10.5. The maximum atomic E-state index is 10.5. The van der Waals surface area contributed by atoms with E-state index in [1.54, 1.807) is 18.6 Å². The molecule has 0 atom stereocenters. The third kappa shape index (κ3) is 1.63. The van der Waals surface area contributed by atoms with Gasteiger partial charge in [0.2, 0.25) is 0 Å². The molecule has 0 saturated carbocycles. The number of hydrogen-bond donors (Lipinski definition) is 1. The van der Waals surface area contributed by atoms with E-state index < -0.39 is 5.97 Å². The van der Waals surface area contributed by atoms with Crippen molar-refractivity contribution in [3.8, 4) is 0 Å². The zero-order valence-corrected chi connectivity index (χ0v) is 8.73. The SMILES string of the molecule is O=C(O)Cc1ccn2cnc(Br)c2c1. The molecule has 0 aliphatic carbocycles. The van der Waals surface area contributed by atoms with Crippen molar-refractivity contribution in [1.29, 1.82) is 0 Å². The van der Waals surface area contributed by atoms with Crippen molar-refractivity contribution < 1.29 is 9.90 Å². The van der Waals surface area contributed by atoms with E-state index in [9.17, 15) is 4.79 Å². The van der Waals surface area contributed by atoms with E-state index >= 15 is 0 Å². The van der Waals surface area contributed by atoms with Crippen LogP contribution in [0.3, 0.4) is 0 Å². The second kappa shape index (κ2) is 3.42. The van der Waals surface area contributed by atoms with Gasteiger partial charge in [-0.3, -0.25) is 4.79 Å². The number of carboxylic acid groups (broad SMARTS) is 1. The Morgan fingerprint density at radius 2 is 2.43 bits per heavy atom. The van der Waals surface area contributed by atoms with Crippen molar-refractivity contribution >= 4 is 27.4 Å². The summed E-state index contributed by atoms with van der Waals surface area (Å²) in [6, 6.07) is 3.58. The number of nitrogens with zero attached hydrogens (tertiary/aromatic N) is 2. The number of halogens is 1. The number of rotatable bonds is 2. The van der Waals surface area contributed by atoms with E-state index in [1.165, 1.54) is 0 Å². The number of carboxylic acids is 1. The Kier molecular flexibility index (Phi) is 2.25. The minimum absolute atomic E-state index is 0.0358. The summed E-state index contributed by atoms with van der Waals surface area (Å²) >= 11 is 3.29. The fraction of sp³-hybridized carbons (Fsp3) is 0.111. The first-order valence-corrected chi connectivity index (χ1v) is 4.79. The van der Waals surface area contributed by atoms with Crippen molar-refractivity contribution in [1.82, 2.24) is 9.38 Å². The van der Waals surface area contributed by atoms with Gasteiger partial charge in [-0.15, -0.1) is 0 Å². The van der Waals surface area contributed by atoms with Gasteiger partial charge in [-0.2, -0.15) is 0 Å². The largest absolute Gasteiger partial charge is 0.481 e. The molecule has 0 spiro atoms. The van der Waals surface area contributed by atoms with Gasteiger partial charge in [-0.1, -0.05) is 0 Å². The van der Waals surface area contributed by atoms with Crippen molar-refractivity contribution in [3.05, 3.63) is 34.8 Å². The number of aromatic nitrogens is 2. The van der Waals surface area contributed by atoms with Crippen LogP contribution in [-0.4, -0.2) is 20.5 Å². The topological polar surface area (TPSA) is 54.6 Å². The Balaban J connectivity index is 2.49. The Labute approximate surface area is 88.3 Å². The van der Waals surface area contributed by atoms with Crippen LogP contribution in [0.15, 0.2) is 29.3 Å². The molecule has 0 fully saturated rings. The van der Waals surface area contributed by atoms with Crippen molar-refractivity contribution in [2.75, 3.05) is 0 Å².